The third-order valence-corrected chi connectivity index (χ3v) is 6.40. The molecule has 2 fully saturated rings. The third kappa shape index (κ3) is 3.48. The number of aromatic nitrogens is 2. The lowest BCUT2D eigenvalue weighted by Crippen LogP contribution is -2.49. The number of aliphatic hydroxyl groups excluding tert-OH is 1. The molecule has 140 valence electrons. The van der Waals surface area contributed by atoms with Crippen molar-refractivity contribution in [2.24, 2.45) is 5.92 Å². The van der Waals surface area contributed by atoms with Crippen LogP contribution in [0.2, 0.25) is 0 Å². The Morgan fingerprint density at radius 2 is 2.00 bits per heavy atom. The van der Waals surface area contributed by atoms with Crippen molar-refractivity contribution >= 4 is 5.91 Å². The molecule has 25 heavy (non-hydrogen) atoms. The van der Waals surface area contributed by atoms with Crippen molar-refractivity contribution in [3.05, 3.63) is 17.5 Å². The Balaban J connectivity index is 1.83. The smallest absolute Gasteiger partial charge is 0.257 e. The second-order valence-corrected chi connectivity index (χ2v) is 7.78. The Kier molecular flexibility index (Phi) is 5.82. The SMILES string of the molecule is CCC(CC)n1ncc(C(=O)N2CCCC[C@@H]2[C@@H]2CCC[C@H]2O)c1C. The summed E-state index contributed by atoms with van der Waals surface area (Å²) in [6.07, 6.45) is 9.80. The molecule has 0 bridgehead atoms. The summed E-state index contributed by atoms with van der Waals surface area (Å²) in [6, 6.07) is 0.546. The first kappa shape index (κ1) is 18.4. The molecule has 1 aromatic rings. The molecular weight excluding hydrogens is 314 g/mol. The Morgan fingerprint density at radius 1 is 1.24 bits per heavy atom. The van der Waals surface area contributed by atoms with E-state index in [0.29, 0.717) is 6.04 Å². The molecule has 3 atom stereocenters. The summed E-state index contributed by atoms with van der Waals surface area (Å²) in [4.78, 5) is 15.3. The van der Waals surface area contributed by atoms with Gasteiger partial charge in [-0.2, -0.15) is 5.10 Å². The van der Waals surface area contributed by atoms with Crippen molar-refractivity contribution in [2.45, 2.75) is 90.3 Å². The number of carbonyl (C=O) groups is 1. The average molecular weight is 348 g/mol. The summed E-state index contributed by atoms with van der Waals surface area (Å²) in [5.74, 6) is 0.358. The van der Waals surface area contributed by atoms with Gasteiger partial charge >= 0.3 is 0 Å². The molecule has 1 N–H and O–H groups in total. The minimum atomic E-state index is -0.244. The fraction of sp³-hybridized carbons (Fsp3) is 0.800. The van der Waals surface area contributed by atoms with E-state index in [4.69, 9.17) is 0 Å². The van der Waals surface area contributed by atoms with E-state index < -0.39 is 0 Å². The number of rotatable bonds is 5. The van der Waals surface area contributed by atoms with Crippen molar-refractivity contribution < 1.29 is 9.90 Å². The highest BCUT2D eigenvalue weighted by atomic mass is 16.3. The molecule has 1 amide bonds. The second-order valence-electron chi connectivity index (χ2n) is 7.78. The predicted molar refractivity (Wildman–Crippen MR) is 98.6 cm³/mol. The first-order valence-electron chi connectivity index (χ1n) is 10.1. The summed E-state index contributed by atoms with van der Waals surface area (Å²) in [5, 5.41) is 14.9. The Bertz CT molecular complexity index is 594. The van der Waals surface area contributed by atoms with E-state index in [1.165, 1.54) is 0 Å². The third-order valence-electron chi connectivity index (χ3n) is 6.40. The number of nitrogens with zero attached hydrogens (tertiary/aromatic N) is 3. The highest BCUT2D eigenvalue weighted by Crippen LogP contribution is 2.36. The van der Waals surface area contributed by atoms with Gasteiger partial charge in [0.1, 0.15) is 0 Å². The van der Waals surface area contributed by atoms with Gasteiger partial charge in [-0.15, -0.1) is 0 Å². The van der Waals surface area contributed by atoms with Crippen LogP contribution in [-0.4, -0.2) is 44.4 Å². The summed E-state index contributed by atoms with van der Waals surface area (Å²) in [7, 11) is 0. The van der Waals surface area contributed by atoms with Crippen molar-refractivity contribution in [3.63, 3.8) is 0 Å². The Hall–Kier alpha value is -1.36. The van der Waals surface area contributed by atoms with Crippen LogP contribution in [-0.2, 0) is 0 Å². The van der Waals surface area contributed by atoms with Gasteiger partial charge in [0.2, 0.25) is 0 Å². The summed E-state index contributed by atoms with van der Waals surface area (Å²) in [6.45, 7) is 7.15. The maximum Gasteiger partial charge on any atom is 0.257 e. The first-order chi connectivity index (χ1) is 12.1. The number of aliphatic hydroxyl groups is 1. The van der Waals surface area contributed by atoms with Crippen molar-refractivity contribution in [1.29, 1.82) is 0 Å². The topological polar surface area (TPSA) is 58.4 Å². The van der Waals surface area contributed by atoms with Gasteiger partial charge in [-0.25, -0.2) is 0 Å². The highest BCUT2D eigenvalue weighted by molar-refractivity contribution is 5.95. The normalized spacial score (nSPS) is 27.2. The molecule has 5 nitrogen and oxygen atoms in total. The molecule has 0 unspecified atom stereocenters. The van der Waals surface area contributed by atoms with E-state index in [9.17, 15) is 9.90 Å². The van der Waals surface area contributed by atoms with Crippen molar-refractivity contribution in [1.82, 2.24) is 14.7 Å². The van der Waals surface area contributed by atoms with Crippen molar-refractivity contribution in [2.75, 3.05) is 6.54 Å². The maximum absolute atomic E-state index is 13.3. The van der Waals surface area contributed by atoms with Crippen LogP contribution in [0.3, 0.4) is 0 Å². The lowest BCUT2D eigenvalue weighted by molar-refractivity contribution is 0.0287. The monoisotopic (exact) mass is 347 g/mol. The van der Waals surface area contributed by atoms with Crippen LogP contribution in [0.25, 0.3) is 0 Å². The molecule has 1 aliphatic carbocycles. The molecular formula is C20H33N3O2. The van der Waals surface area contributed by atoms with Crippen LogP contribution >= 0.6 is 0 Å². The van der Waals surface area contributed by atoms with Gasteiger partial charge in [-0.1, -0.05) is 20.3 Å². The van der Waals surface area contributed by atoms with Gasteiger partial charge < -0.3 is 10.0 Å². The standard InChI is InChI=1S/C20H33N3O2/c1-4-15(5-2)23-14(3)17(13-21-23)20(25)22-12-7-6-10-18(22)16-9-8-11-19(16)24/h13,15-16,18-19,24H,4-12H2,1-3H3/t16-,18+,19+/m0/s1. The van der Waals surface area contributed by atoms with Crippen LogP contribution in [0.15, 0.2) is 6.20 Å². The maximum atomic E-state index is 13.3. The Labute approximate surface area is 151 Å². The van der Waals surface area contributed by atoms with Gasteiger partial charge in [0.25, 0.3) is 5.91 Å². The van der Waals surface area contributed by atoms with Gasteiger partial charge in [-0.05, 0) is 51.9 Å². The number of piperidine rings is 1. The molecule has 2 aliphatic rings. The molecule has 5 heteroatoms. The molecule has 3 rings (SSSR count). The lowest BCUT2D eigenvalue weighted by atomic mass is 9.87. The van der Waals surface area contributed by atoms with Gasteiger partial charge in [0, 0.05) is 24.2 Å². The van der Waals surface area contributed by atoms with E-state index in [2.05, 4.69) is 18.9 Å². The minimum absolute atomic E-state index is 0.110. The molecule has 1 aliphatic heterocycles. The van der Waals surface area contributed by atoms with Crippen LogP contribution in [0.1, 0.15) is 87.3 Å². The average Bonchev–Trinajstić information content (AvgIpc) is 3.22. The largest absolute Gasteiger partial charge is 0.393 e. The number of hydrogen-bond donors (Lipinski definition) is 1. The molecule has 0 spiro atoms. The Morgan fingerprint density at radius 3 is 2.64 bits per heavy atom. The van der Waals surface area contributed by atoms with E-state index in [1.807, 2.05) is 16.5 Å². The molecule has 0 radical (unpaired) electrons. The number of carbonyl (C=O) groups excluding carboxylic acids is 1. The zero-order chi connectivity index (χ0) is 18.0. The number of hydrogen-bond acceptors (Lipinski definition) is 3. The zero-order valence-electron chi connectivity index (χ0n) is 15.9. The van der Waals surface area contributed by atoms with Crippen molar-refractivity contribution in [3.8, 4) is 0 Å². The van der Waals surface area contributed by atoms with E-state index in [1.54, 1.807) is 6.20 Å². The summed E-state index contributed by atoms with van der Waals surface area (Å²) < 4.78 is 2.02. The second kappa shape index (κ2) is 7.90. The van der Waals surface area contributed by atoms with Crippen LogP contribution in [0.5, 0.6) is 0 Å². The fourth-order valence-electron chi connectivity index (χ4n) is 4.86. The predicted octanol–water partition coefficient (Wildman–Crippen LogP) is 3.71. The summed E-state index contributed by atoms with van der Waals surface area (Å²) in [5.41, 5.74) is 1.72. The van der Waals surface area contributed by atoms with Crippen LogP contribution < -0.4 is 0 Å². The summed E-state index contributed by atoms with van der Waals surface area (Å²) >= 11 is 0. The number of amides is 1. The van der Waals surface area contributed by atoms with Gasteiger partial charge in [0.05, 0.1) is 23.9 Å². The highest BCUT2D eigenvalue weighted by Gasteiger charge is 2.39. The van der Waals surface area contributed by atoms with Crippen LogP contribution in [0, 0.1) is 12.8 Å². The molecule has 1 saturated heterocycles. The van der Waals surface area contributed by atoms with Gasteiger partial charge in [0.15, 0.2) is 0 Å². The number of likely N-dealkylation sites (tertiary alicyclic amines) is 1. The quantitative estimate of drug-likeness (QED) is 0.883. The fourth-order valence-corrected chi connectivity index (χ4v) is 4.86. The van der Waals surface area contributed by atoms with Gasteiger partial charge in [-0.3, -0.25) is 9.48 Å². The molecule has 1 aromatic heterocycles. The van der Waals surface area contributed by atoms with E-state index >= 15 is 0 Å². The van der Waals surface area contributed by atoms with Crippen LogP contribution in [0.4, 0.5) is 0 Å². The zero-order valence-corrected chi connectivity index (χ0v) is 15.9. The van der Waals surface area contributed by atoms with E-state index in [0.717, 1.165) is 69.2 Å². The first-order valence-corrected chi connectivity index (χ1v) is 10.1. The van der Waals surface area contributed by atoms with E-state index in [-0.39, 0.29) is 24.0 Å². The molecule has 1 saturated carbocycles. The molecule has 2 heterocycles. The lowest BCUT2D eigenvalue weighted by Gasteiger charge is -2.40. The molecule has 0 aromatic carbocycles. The minimum Gasteiger partial charge on any atom is -0.393 e.